The molecule has 2 nitrogen and oxygen atoms in total. The molecule has 14 heavy (non-hydrogen) atoms. The van der Waals surface area contributed by atoms with E-state index in [0.29, 0.717) is 6.42 Å². The van der Waals surface area contributed by atoms with Gasteiger partial charge >= 0.3 is 12.1 Å². The van der Waals surface area contributed by atoms with Crippen molar-refractivity contribution in [2.45, 2.75) is 44.8 Å². The summed E-state index contributed by atoms with van der Waals surface area (Å²) in [6, 6.07) is -0.283. The summed E-state index contributed by atoms with van der Waals surface area (Å²) in [4.78, 5) is 10.6. The molecule has 5 heteroatoms. The number of hydrogen-bond acceptors (Lipinski definition) is 1. The van der Waals surface area contributed by atoms with Crippen LogP contribution in [-0.4, -0.2) is 18.1 Å². The largest absolute Gasteiger partial charge is 0.471 e. The first kappa shape index (κ1) is 11.3. The molecule has 82 valence electrons. The molecule has 1 rings (SSSR count). The highest BCUT2D eigenvalue weighted by Gasteiger charge is 2.42. The molecule has 0 aliphatic heterocycles. The molecule has 0 aromatic rings. The standard InChI is InChI=1S/C9H14F3NO/c1-2-3-7(6-4-5-6)13-8(14)9(10,11)12/h6-7H,2-5H2,1H3,(H,13,14). The van der Waals surface area contributed by atoms with Crippen LogP contribution < -0.4 is 5.32 Å². The van der Waals surface area contributed by atoms with Crippen molar-refractivity contribution in [1.82, 2.24) is 5.32 Å². The third kappa shape index (κ3) is 3.20. The molecule has 1 atom stereocenters. The molecule has 1 unspecified atom stereocenters. The fraction of sp³-hybridized carbons (Fsp3) is 0.889. The second-order valence-corrected chi connectivity index (χ2v) is 3.70. The molecule has 0 bridgehead atoms. The van der Waals surface area contributed by atoms with Gasteiger partial charge in [-0.1, -0.05) is 13.3 Å². The van der Waals surface area contributed by atoms with E-state index in [1.54, 1.807) is 0 Å². The average Bonchev–Trinajstić information content (AvgIpc) is 2.83. The van der Waals surface area contributed by atoms with Crippen LogP contribution in [0.3, 0.4) is 0 Å². The first-order valence-electron chi connectivity index (χ1n) is 4.82. The fourth-order valence-corrected chi connectivity index (χ4v) is 1.49. The van der Waals surface area contributed by atoms with E-state index in [0.717, 1.165) is 19.3 Å². The smallest absolute Gasteiger partial charge is 0.345 e. The Hall–Kier alpha value is -0.740. The van der Waals surface area contributed by atoms with Crippen LogP contribution in [0.5, 0.6) is 0 Å². The molecule has 0 saturated heterocycles. The van der Waals surface area contributed by atoms with Gasteiger partial charge in [-0.2, -0.15) is 13.2 Å². The number of hydrogen-bond donors (Lipinski definition) is 1. The van der Waals surface area contributed by atoms with Gasteiger partial charge in [-0.05, 0) is 25.2 Å². The van der Waals surface area contributed by atoms with Gasteiger partial charge < -0.3 is 5.32 Å². The average molecular weight is 209 g/mol. The van der Waals surface area contributed by atoms with E-state index in [1.807, 2.05) is 6.92 Å². The van der Waals surface area contributed by atoms with E-state index >= 15 is 0 Å². The molecule has 1 aliphatic carbocycles. The van der Waals surface area contributed by atoms with Gasteiger partial charge in [0.2, 0.25) is 0 Å². The zero-order valence-corrected chi connectivity index (χ0v) is 8.03. The van der Waals surface area contributed by atoms with Crippen molar-refractivity contribution in [2.24, 2.45) is 5.92 Å². The van der Waals surface area contributed by atoms with Crippen molar-refractivity contribution in [3.63, 3.8) is 0 Å². The Labute approximate surface area is 80.9 Å². The number of halogens is 3. The van der Waals surface area contributed by atoms with E-state index < -0.39 is 12.1 Å². The van der Waals surface area contributed by atoms with Crippen LogP contribution in [0, 0.1) is 5.92 Å². The molecule has 0 aromatic heterocycles. The third-order valence-electron chi connectivity index (χ3n) is 2.36. The van der Waals surface area contributed by atoms with Crippen molar-refractivity contribution in [2.75, 3.05) is 0 Å². The van der Waals surface area contributed by atoms with Gasteiger partial charge in [0, 0.05) is 6.04 Å². The summed E-state index contributed by atoms with van der Waals surface area (Å²) in [6.07, 6.45) is -1.46. The number of rotatable bonds is 4. The van der Waals surface area contributed by atoms with Gasteiger partial charge in [0.25, 0.3) is 0 Å². The molecule has 0 aromatic carbocycles. The van der Waals surface area contributed by atoms with Gasteiger partial charge in [0.05, 0.1) is 0 Å². The molecule has 0 radical (unpaired) electrons. The Kier molecular flexibility index (Phi) is 3.39. The predicted molar refractivity (Wildman–Crippen MR) is 45.6 cm³/mol. The zero-order valence-electron chi connectivity index (χ0n) is 8.03. The number of alkyl halides is 3. The van der Waals surface area contributed by atoms with Crippen LogP contribution in [0.1, 0.15) is 32.6 Å². The molecule has 1 N–H and O–H groups in total. The number of carbonyl (C=O) groups excluding carboxylic acids is 1. The number of amides is 1. The topological polar surface area (TPSA) is 29.1 Å². The van der Waals surface area contributed by atoms with E-state index in [9.17, 15) is 18.0 Å². The van der Waals surface area contributed by atoms with Gasteiger partial charge in [-0.25, -0.2) is 0 Å². The maximum absolute atomic E-state index is 11.9. The van der Waals surface area contributed by atoms with E-state index in [4.69, 9.17) is 0 Å². The van der Waals surface area contributed by atoms with Crippen molar-refractivity contribution in [1.29, 1.82) is 0 Å². The summed E-state index contributed by atoms with van der Waals surface area (Å²) in [5.74, 6) is -1.54. The Bertz CT molecular complexity index is 211. The lowest BCUT2D eigenvalue weighted by atomic mass is 10.1. The van der Waals surface area contributed by atoms with Crippen molar-refractivity contribution in [3.05, 3.63) is 0 Å². The molecule has 1 aliphatic rings. The zero-order chi connectivity index (χ0) is 10.8. The summed E-state index contributed by atoms with van der Waals surface area (Å²) in [6.45, 7) is 1.90. The van der Waals surface area contributed by atoms with Crippen LogP contribution >= 0.6 is 0 Å². The van der Waals surface area contributed by atoms with Crippen LogP contribution in [0.2, 0.25) is 0 Å². The second kappa shape index (κ2) is 4.19. The minimum atomic E-state index is -4.75. The van der Waals surface area contributed by atoms with Crippen LogP contribution in [0.15, 0.2) is 0 Å². The minimum Gasteiger partial charge on any atom is -0.345 e. The number of nitrogens with one attached hydrogen (secondary N) is 1. The minimum absolute atomic E-state index is 0.265. The first-order chi connectivity index (χ1) is 6.45. The van der Waals surface area contributed by atoms with Gasteiger partial charge in [-0.3, -0.25) is 4.79 Å². The number of carbonyl (C=O) groups is 1. The SMILES string of the molecule is CCCC(NC(=O)C(F)(F)F)C1CC1. The summed E-state index contributed by atoms with van der Waals surface area (Å²) in [5, 5.41) is 2.06. The predicted octanol–water partition coefficient (Wildman–Crippen LogP) is 2.24. The molecular formula is C9H14F3NO. The third-order valence-corrected chi connectivity index (χ3v) is 2.36. The normalized spacial score (nSPS) is 19.1. The van der Waals surface area contributed by atoms with Crippen LogP contribution in [0.4, 0.5) is 13.2 Å². The Balaban J connectivity index is 2.42. The molecule has 0 spiro atoms. The van der Waals surface area contributed by atoms with E-state index in [2.05, 4.69) is 5.32 Å². The van der Waals surface area contributed by atoms with E-state index in [1.165, 1.54) is 0 Å². The Morgan fingerprint density at radius 1 is 1.50 bits per heavy atom. The summed E-state index contributed by atoms with van der Waals surface area (Å²) in [5.41, 5.74) is 0. The van der Waals surface area contributed by atoms with Crippen molar-refractivity contribution in [3.8, 4) is 0 Å². The van der Waals surface area contributed by atoms with Crippen LogP contribution in [-0.2, 0) is 4.79 Å². The van der Waals surface area contributed by atoms with Crippen molar-refractivity contribution < 1.29 is 18.0 Å². The van der Waals surface area contributed by atoms with Crippen molar-refractivity contribution >= 4 is 5.91 Å². The van der Waals surface area contributed by atoms with Gasteiger partial charge in [-0.15, -0.1) is 0 Å². The maximum atomic E-state index is 11.9. The first-order valence-corrected chi connectivity index (χ1v) is 4.82. The summed E-state index contributed by atoms with van der Waals surface area (Å²) in [7, 11) is 0. The molecule has 0 heterocycles. The van der Waals surface area contributed by atoms with Crippen LogP contribution in [0.25, 0.3) is 0 Å². The van der Waals surface area contributed by atoms with Gasteiger partial charge in [0.1, 0.15) is 0 Å². The lowest BCUT2D eigenvalue weighted by Gasteiger charge is -2.18. The highest BCUT2D eigenvalue weighted by Crippen LogP contribution is 2.34. The lowest BCUT2D eigenvalue weighted by molar-refractivity contribution is -0.174. The molecule has 1 amide bonds. The summed E-state index contributed by atoms with van der Waals surface area (Å²) < 4.78 is 35.8. The molecular weight excluding hydrogens is 195 g/mol. The Morgan fingerprint density at radius 2 is 2.07 bits per heavy atom. The monoisotopic (exact) mass is 209 g/mol. The maximum Gasteiger partial charge on any atom is 0.471 e. The lowest BCUT2D eigenvalue weighted by Crippen LogP contribution is -2.44. The Morgan fingerprint density at radius 3 is 2.43 bits per heavy atom. The highest BCUT2D eigenvalue weighted by atomic mass is 19.4. The quantitative estimate of drug-likeness (QED) is 0.755. The molecule has 1 fully saturated rings. The summed E-state index contributed by atoms with van der Waals surface area (Å²) >= 11 is 0. The highest BCUT2D eigenvalue weighted by molar-refractivity contribution is 5.82. The second-order valence-electron chi connectivity index (χ2n) is 3.70. The fourth-order valence-electron chi connectivity index (χ4n) is 1.49. The van der Waals surface area contributed by atoms with Gasteiger partial charge in [0.15, 0.2) is 0 Å². The van der Waals surface area contributed by atoms with E-state index in [-0.39, 0.29) is 12.0 Å². The molecule has 1 saturated carbocycles.